The van der Waals surface area contributed by atoms with Gasteiger partial charge in [0, 0.05) is 18.0 Å². The average molecular weight is 316 g/mol. The van der Waals surface area contributed by atoms with Crippen LogP contribution >= 0.6 is 0 Å². The van der Waals surface area contributed by atoms with Crippen molar-refractivity contribution in [2.45, 2.75) is 33.4 Å². The normalized spacial score (nSPS) is 10.8. The molecule has 0 aliphatic heterocycles. The Morgan fingerprint density at radius 3 is 2.61 bits per heavy atom. The minimum absolute atomic E-state index is 0.0180. The molecule has 0 radical (unpaired) electrons. The number of hydrogen-bond acceptors (Lipinski definition) is 4. The summed E-state index contributed by atoms with van der Waals surface area (Å²) in [7, 11) is 0. The molecule has 23 heavy (non-hydrogen) atoms. The first kappa shape index (κ1) is 16.7. The number of benzene rings is 1. The smallest absolute Gasteiger partial charge is 0.276 e. The Kier molecular flexibility index (Phi) is 5.10. The average Bonchev–Trinajstić information content (AvgIpc) is 2.52. The molecule has 2 rings (SSSR count). The summed E-state index contributed by atoms with van der Waals surface area (Å²) in [6.07, 6.45) is 0. The van der Waals surface area contributed by atoms with E-state index in [0.29, 0.717) is 17.4 Å². The minimum atomic E-state index is -0.651. The van der Waals surface area contributed by atoms with Crippen molar-refractivity contribution in [2.75, 3.05) is 6.54 Å². The molecule has 0 saturated heterocycles. The van der Waals surface area contributed by atoms with Gasteiger partial charge in [-0.25, -0.2) is 0 Å². The number of nitrogens with one attached hydrogen (secondary N) is 2. The Morgan fingerprint density at radius 2 is 1.96 bits per heavy atom. The van der Waals surface area contributed by atoms with Crippen LogP contribution in [-0.4, -0.2) is 34.2 Å². The first-order valence-electron chi connectivity index (χ1n) is 7.51. The lowest BCUT2D eigenvalue weighted by Gasteiger charge is -2.11. The first-order valence-corrected chi connectivity index (χ1v) is 7.51. The Morgan fingerprint density at radius 1 is 1.26 bits per heavy atom. The van der Waals surface area contributed by atoms with E-state index in [9.17, 15) is 14.4 Å². The lowest BCUT2D eigenvalue weighted by molar-refractivity contribution is -0.120. The summed E-state index contributed by atoms with van der Waals surface area (Å²) in [6.45, 7) is 5.85. The summed E-state index contributed by atoms with van der Waals surface area (Å²) in [5.41, 5.74) is 0.0315. The second-order valence-electron chi connectivity index (χ2n) is 5.42. The Balaban J connectivity index is 2.29. The number of hydrogen-bond donors (Lipinski definition) is 2. The van der Waals surface area contributed by atoms with Crippen LogP contribution in [0.4, 0.5) is 0 Å². The zero-order valence-corrected chi connectivity index (χ0v) is 13.4. The van der Waals surface area contributed by atoms with E-state index >= 15 is 0 Å². The van der Waals surface area contributed by atoms with Crippen LogP contribution in [0.1, 0.15) is 31.3 Å². The van der Waals surface area contributed by atoms with Crippen molar-refractivity contribution in [2.24, 2.45) is 0 Å². The van der Waals surface area contributed by atoms with Crippen molar-refractivity contribution in [3.63, 3.8) is 0 Å². The topological polar surface area (TPSA) is 93.1 Å². The molecular formula is C16H20N4O3. The summed E-state index contributed by atoms with van der Waals surface area (Å²) in [5, 5.41) is 9.64. The highest BCUT2D eigenvalue weighted by Crippen LogP contribution is 2.09. The van der Waals surface area contributed by atoms with Gasteiger partial charge in [0.15, 0.2) is 5.69 Å². The van der Waals surface area contributed by atoms with E-state index in [1.165, 1.54) is 0 Å². The molecule has 0 saturated carbocycles. The molecule has 0 atom stereocenters. The van der Waals surface area contributed by atoms with Crippen molar-refractivity contribution >= 4 is 22.7 Å². The van der Waals surface area contributed by atoms with Gasteiger partial charge in [-0.15, -0.1) is 0 Å². The number of carbonyl (C=O) groups is 2. The van der Waals surface area contributed by atoms with E-state index in [1.54, 1.807) is 22.9 Å². The second-order valence-corrected chi connectivity index (χ2v) is 5.42. The standard InChI is InChI=1S/C16H20N4O3/c1-4-20-12-8-6-5-7-11(12)15(22)14(19-20)16(23)17-9-13(21)18-10(2)3/h5-8,10H,4,9H2,1-3H3,(H,17,23)(H,18,21). The van der Waals surface area contributed by atoms with Crippen molar-refractivity contribution in [1.82, 2.24) is 20.4 Å². The maximum Gasteiger partial charge on any atom is 0.276 e. The van der Waals surface area contributed by atoms with Gasteiger partial charge in [-0.1, -0.05) is 12.1 Å². The summed E-state index contributed by atoms with van der Waals surface area (Å²) in [6, 6.07) is 6.97. The van der Waals surface area contributed by atoms with Gasteiger partial charge in [0.2, 0.25) is 11.3 Å². The van der Waals surface area contributed by atoms with Crippen LogP contribution in [-0.2, 0) is 11.3 Å². The van der Waals surface area contributed by atoms with Gasteiger partial charge in [0.1, 0.15) is 0 Å². The molecule has 1 aromatic carbocycles. The number of rotatable bonds is 5. The van der Waals surface area contributed by atoms with Gasteiger partial charge >= 0.3 is 0 Å². The third-order valence-corrected chi connectivity index (χ3v) is 3.24. The Bertz CT molecular complexity index is 796. The number of amides is 2. The predicted octanol–water partition coefficient (Wildman–Crippen LogP) is 0.671. The van der Waals surface area contributed by atoms with E-state index in [4.69, 9.17) is 0 Å². The maximum atomic E-state index is 12.4. The molecule has 2 aromatic rings. The number of para-hydroxylation sites is 1. The lowest BCUT2D eigenvalue weighted by atomic mass is 10.2. The summed E-state index contributed by atoms with van der Waals surface area (Å²) in [5.74, 6) is -0.966. The fourth-order valence-electron chi connectivity index (χ4n) is 2.25. The number of fused-ring (bicyclic) bond motifs is 1. The third kappa shape index (κ3) is 3.74. The zero-order chi connectivity index (χ0) is 17.0. The predicted molar refractivity (Wildman–Crippen MR) is 87.3 cm³/mol. The molecule has 0 fully saturated rings. The third-order valence-electron chi connectivity index (χ3n) is 3.24. The molecule has 1 heterocycles. The fraction of sp³-hybridized carbons (Fsp3) is 0.375. The van der Waals surface area contributed by atoms with Crippen LogP contribution < -0.4 is 16.1 Å². The second kappa shape index (κ2) is 7.04. The molecule has 122 valence electrons. The van der Waals surface area contributed by atoms with E-state index < -0.39 is 11.3 Å². The Hall–Kier alpha value is -2.70. The van der Waals surface area contributed by atoms with Crippen LogP contribution in [0, 0.1) is 0 Å². The maximum absolute atomic E-state index is 12.4. The number of aryl methyl sites for hydroxylation is 1. The van der Waals surface area contributed by atoms with Gasteiger partial charge in [-0.2, -0.15) is 5.10 Å². The molecule has 2 N–H and O–H groups in total. The number of carbonyl (C=O) groups excluding carboxylic acids is 2. The highest BCUT2D eigenvalue weighted by Gasteiger charge is 2.17. The molecule has 7 nitrogen and oxygen atoms in total. The monoisotopic (exact) mass is 316 g/mol. The van der Waals surface area contributed by atoms with Crippen LogP contribution in [0.2, 0.25) is 0 Å². The van der Waals surface area contributed by atoms with Crippen molar-refractivity contribution < 1.29 is 9.59 Å². The summed E-state index contributed by atoms with van der Waals surface area (Å²) < 4.78 is 1.60. The molecule has 0 unspecified atom stereocenters. The molecule has 0 bridgehead atoms. The first-order chi connectivity index (χ1) is 10.9. The molecule has 7 heteroatoms. The number of nitrogens with zero attached hydrogens (tertiary/aromatic N) is 2. The van der Waals surface area contributed by atoms with Crippen LogP contribution in [0.5, 0.6) is 0 Å². The molecule has 2 amide bonds. The molecule has 0 aliphatic rings. The molecule has 1 aromatic heterocycles. The van der Waals surface area contributed by atoms with E-state index in [0.717, 1.165) is 0 Å². The summed E-state index contributed by atoms with van der Waals surface area (Å²) >= 11 is 0. The highest BCUT2D eigenvalue weighted by atomic mass is 16.2. The zero-order valence-electron chi connectivity index (χ0n) is 13.4. The molecule has 0 aliphatic carbocycles. The summed E-state index contributed by atoms with van der Waals surface area (Å²) in [4.78, 5) is 36.2. The van der Waals surface area contributed by atoms with Crippen LogP contribution in [0.25, 0.3) is 10.9 Å². The fourth-order valence-corrected chi connectivity index (χ4v) is 2.25. The van der Waals surface area contributed by atoms with E-state index in [-0.39, 0.29) is 24.2 Å². The van der Waals surface area contributed by atoms with Crippen molar-refractivity contribution in [1.29, 1.82) is 0 Å². The van der Waals surface area contributed by atoms with Gasteiger partial charge in [0.25, 0.3) is 5.91 Å². The van der Waals surface area contributed by atoms with Crippen molar-refractivity contribution in [3.8, 4) is 0 Å². The SMILES string of the molecule is CCn1nc(C(=O)NCC(=O)NC(C)C)c(=O)c2ccccc21. The van der Waals surface area contributed by atoms with Crippen molar-refractivity contribution in [3.05, 3.63) is 40.2 Å². The van der Waals surface area contributed by atoms with Crippen LogP contribution in [0.3, 0.4) is 0 Å². The van der Waals surface area contributed by atoms with Gasteiger partial charge < -0.3 is 10.6 Å². The van der Waals surface area contributed by atoms with Gasteiger partial charge in [-0.3, -0.25) is 19.1 Å². The Labute approximate surface area is 133 Å². The number of aromatic nitrogens is 2. The minimum Gasteiger partial charge on any atom is -0.352 e. The quantitative estimate of drug-likeness (QED) is 0.848. The van der Waals surface area contributed by atoms with Gasteiger partial charge in [-0.05, 0) is 32.9 Å². The molecule has 0 spiro atoms. The highest BCUT2D eigenvalue weighted by molar-refractivity contribution is 5.97. The molecular weight excluding hydrogens is 296 g/mol. The largest absolute Gasteiger partial charge is 0.352 e. The van der Waals surface area contributed by atoms with E-state index in [1.807, 2.05) is 26.8 Å². The van der Waals surface area contributed by atoms with E-state index in [2.05, 4.69) is 15.7 Å². The van der Waals surface area contributed by atoms with Crippen LogP contribution in [0.15, 0.2) is 29.1 Å². The van der Waals surface area contributed by atoms with Gasteiger partial charge in [0.05, 0.1) is 12.1 Å². The lowest BCUT2D eigenvalue weighted by Crippen LogP contribution is -2.41.